The second-order valence-electron chi connectivity index (χ2n) is 3.71. The van der Waals surface area contributed by atoms with Crippen LogP contribution >= 0.6 is 0 Å². The molecule has 0 spiro atoms. The molecule has 94 valence electrons. The molecule has 5 heteroatoms. The molecular weight excluding hydrogens is 223 g/mol. The Balaban J connectivity index is 2.81. The van der Waals surface area contributed by atoms with E-state index in [1.807, 2.05) is 0 Å². The van der Waals surface area contributed by atoms with Gasteiger partial charge in [-0.2, -0.15) is 0 Å². The Morgan fingerprint density at radius 2 is 2.24 bits per heavy atom. The highest BCUT2D eigenvalue weighted by atomic mass is 19.1. The van der Waals surface area contributed by atoms with Gasteiger partial charge in [0.1, 0.15) is 11.6 Å². The predicted molar refractivity (Wildman–Crippen MR) is 63.6 cm³/mol. The minimum Gasteiger partial charge on any atom is -0.497 e. The van der Waals surface area contributed by atoms with Crippen LogP contribution in [0.25, 0.3) is 0 Å². The van der Waals surface area contributed by atoms with Gasteiger partial charge in [0, 0.05) is 19.7 Å². The van der Waals surface area contributed by atoms with E-state index in [1.165, 1.54) is 24.1 Å². The molecule has 1 aromatic rings. The molecule has 0 aliphatic carbocycles. The summed E-state index contributed by atoms with van der Waals surface area (Å²) in [5, 5.41) is 0. The molecule has 1 aromatic carbocycles. The zero-order valence-corrected chi connectivity index (χ0v) is 10.1. The Bertz CT molecular complexity index is 396. The van der Waals surface area contributed by atoms with Gasteiger partial charge in [0.2, 0.25) is 0 Å². The molecule has 0 saturated heterocycles. The largest absolute Gasteiger partial charge is 0.497 e. The minimum absolute atomic E-state index is 0.0466. The number of rotatable bonds is 5. The Morgan fingerprint density at radius 1 is 1.53 bits per heavy atom. The molecule has 0 fully saturated rings. The number of benzene rings is 1. The van der Waals surface area contributed by atoms with Gasteiger partial charge in [-0.25, -0.2) is 4.39 Å². The van der Waals surface area contributed by atoms with Gasteiger partial charge in [0.15, 0.2) is 0 Å². The maximum Gasteiger partial charge on any atom is 0.256 e. The lowest BCUT2D eigenvalue weighted by molar-refractivity contribution is 0.0789. The summed E-state index contributed by atoms with van der Waals surface area (Å²) in [4.78, 5) is 13.3. The number of ether oxygens (including phenoxy) is 1. The fourth-order valence-electron chi connectivity index (χ4n) is 1.43. The van der Waals surface area contributed by atoms with Crippen molar-refractivity contribution in [1.82, 2.24) is 4.90 Å². The second-order valence-corrected chi connectivity index (χ2v) is 3.71. The third kappa shape index (κ3) is 3.42. The van der Waals surface area contributed by atoms with Crippen LogP contribution in [0.1, 0.15) is 16.8 Å². The summed E-state index contributed by atoms with van der Waals surface area (Å²) in [5.41, 5.74) is 5.40. The lowest BCUT2D eigenvalue weighted by Crippen LogP contribution is -2.29. The highest BCUT2D eigenvalue weighted by Crippen LogP contribution is 2.17. The van der Waals surface area contributed by atoms with Gasteiger partial charge >= 0.3 is 0 Å². The van der Waals surface area contributed by atoms with Crippen LogP contribution in [0.15, 0.2) is 18.2 Å². The van der Waals surface area contributed by atoms with Crippen LogP contribution in [0, 0.1) is 5.82 Å². The van der Waals surface area contributed by atoms with Crippen LogP contribution in [0.3, 0.4) is 0 Å². The van der Waals surface area contributed by atoms with E-state index in [2.05, 4.69) is 0 Å². The Kier molecular flexibility index (Phi) is 4.90. The molecule has 0 bridgehead atoms. The van der Waals surface area contributed by atoms with Crippen LogP contribution in [-0.4, -0.2) is 38.1 Å². The third-order valence-electron chi connectivity index (χ3n) is 2.45. The highest BCUT2D eigenvalue weighted by Gasteiger charge is 2.16. The molecule has 0 radical (unpaired) electrons. The fraction of sp³-hybridized carbons (Fsp3) is 0.417. The summed E-state index contributed by atoms with van der Waals surface area (Å²) >= 11 is 0. The SMILES string of the molecule is COc1ccc(C(=O)N(C)CCCN)c(F)c1. The van der Waals surface area contributed by atoms with E-state index in [0.29, 0.717) is 25.3 Å². The summed E-state index contributed by atoms with van der Waals surface area (Å²) in [6.45, 7) is 1.02. The van der Waals surface area contributed by atoms with Gasteiger partial charge in [-0.3, -0.25) is 4.79 Å². The molecule has 0 saturated carbocycles. The van der Waals surface area contributed by atoms with Gasteiger partial charge in [-0.1, -0.05) is 0 Å². The fourth-order valence-corrected chi connectivity index (χ4v) is 1.43. The van der Waals surface area contributed by atoms with Crippen LogP contribution in [0.4, 0.5) is 4.39 Å². The van der Waals surface area contributed by atoms with Gasteiger partial charge < -0.3 is 15.4 Å². The van der Waals surface area contributed by atoms with E-state index < -0.39 is 5.82 Å². The first kappa shape index (κ1) is 13.4. The van der Waals surface area contributed by atoms with Crippen molar-refractivity contribution < 1.29 is 13.9 Å². The number of nitrogens with two attached hydrogens (primary N) is 1. The smallest absolute Gasteiger partial charge is 0.256 e. The van der Waals surface area contributed by atoms with Crippen molar-refractivity contribution in [3.05, 3.63) is 29.6 Å². The molecule has 0 aliphatic rings. The summed E-state index contributed by atoms with van der Waals surface area (Å²) in [7, 11) is 3.07. The monoisotopic (exact) mass is 240 g/mol. The van der Waals surface area contributed by atoms with Gasteiger partial charge in [-0.15, -0.1) is 0 Å². The number of halogens is 1. The predicted octanol–water partition coefficient (Wildman–Crippen LogP) is 1.26. The molecule has 0 heterocycles. The number of nitrogens with zero attached hydrogens (tertiary/aromatic N) is 1. The average Bonchev–Trinajstić information content (AvgIpc) is 2.34. The van der Waals surface area contributed by atoms with Crippen LogP contribution < -0.4 is 10.5 Å². The topological polar surface area (TPSA) is 55.6 Å². The Hall–Kier alpha value is -1.62. The quantitative estimate of drug-likeness (QED) is 0.842. The molecule has 2 N–H and O–H groups in total. The van der Waals surface area contributed by atoms with Crippen molar-refractivity contribution in [3.8, 4) is 5.75 Å². The minimum atomic E-state index is -0.575. The normalized spacial score (nSPS) is 10.1. The maximum absolute atomic E-state index is 13.6. The van der Waals surface area contributed by atoms with Crippen LogP contribution in [0.2, 0.25) is 0 Å². The van der Waals surface area contributed by atoms with E-state index in [9.17, 15) is 9.18 Å². The van der Waals surface area contributed by atoms with Crippen molar-refractivity contribution in [3.63, 3.8) is 0 Å². The van der Waals surface area contributed by atoms with E-state index in [0.717, 1.165) is 0 Å². The standard InChI is InChI=1S/C12H17FN2O2/c1-15(7-3-6-14)12(16)10-5-4-9(17-2)8-11(10)13/h4-5,8H,3,6-7,14H2,1-2H3. The molecule has 1 amide bonds. The summed E-state index contributed by atoms with van der Waals surface area (Å²) in [6.07, 6.45) is 0.694. The van der Waals surface area contributed by atoms with Crippen molar-refractivity contribution in [1.29, 1.82) is 0 Å². The number of hydrogen-bond acceptors (Lipinski definition) is 3. The van der Waals surface area contributed by atoms with Crippen molar-refractivity contribution in [2.75, 3.05) is 27.2 Å². The van der Waals surface area contributed by atoms with Crippen molar-refractivity contribution in [2.24, 2.45) is 5.73 Å². The molecule has 0 unspecified atom stereocenters. The summed E-state index contributed by atoms with van der Waals surface area (Å²) in [6, 6.07) is 4.19. The molecular formula is C12H17FN2O2. The number of carbonyl (C=O) groups is 1. The Morgan fingerprint density at radius 3 is 2.76 bits per heavy atom. The molecule has 1 rings (SSSR count). The van der Waals surface area contributed by atoms with Gasteiger partial charge in [-0.05, 0) is 25.1 Å². The first-order valence-electron chi connectivity index (χ1n) is 5.39. The zero-order chi connectivity index (χ0) is 12.8. The van der Waals surface area contributed by atoms with E-state index in [1.54, 1.807) is 13.1 Å². The maximum atomic E-state index is 13.6. The second kappa shape index (κ2) is 6.20. The van der Waals surface area contributed by atoms with Crippen LogP contribution in [-0.2, 0) is 0 Å². The lowest BCUT2D eigenvalue weighted by Gasteiger charge is -2.17. The number of hydrogen-bond donors (Lipinski definition) is 1. The van der Waals surface area contributed by atoms with Crippen molar-refractivity contribution >= 4 is 5.91 Å². The van der Waals surface area contributed by atoms with E-state index in [4.69, 9.17) is 10.5 Å². The first-order chi connectivity index (χ1) is 8.10. The van der Waals surface area contributed by atoms with E-state index >= 15 is 0 Å². The molecule has 0 aromatic heterocycles. The molecule has 4 nitrogen and oxygen atoms in total. The first-order valence-corrected chi connectivity index (χ1v) is 5.39. The summed E-state index contributed by atoms with van der Waals surface area (Å²) in [5.74, 6) is -0.531. The van der Waals surface area contributed by atoms with E-state index in [-0.39, 0.29) is 11.5 Å². The highest BCUT2D eigenvalue weighted by molar-refractivity contribution is 5.94. The summed E-state index contributed by atoms with van der Waals surface area (Å²) < 4.78 is 18.5. The van der Waals surface area contributed by atoms with Gasteiger partial charge in [0.05, 0.1) is 12.7 Å². The number of methoxy groups -OCH3 is 1. The number of amides is 1. The van der Waals surface area contributed by atoms with Crippen LogP contribution in [0.5, 0.6) is 5.75 Å². The van der Waals surface area contributed by atoms with Crippen molar-refractivity contribution in [2.45, 2.75) is 6.42 Å². The lowest BCUT2D eigenvalue weighted by atomic mass is 10.1. The molecule has 0 atom stereocenters. The molecule has 17 heavy (non-hydrogen) atoms. The zero-order valence-electron chi connectivity index (χ0n) is 10.1. The van der Waals surface area contributed by atoms with Gasteiger partial charge in [0.25, 0.3) is 5.91 Å². The average molecular weight is 240 g/mol. The Labute approximate surface area is 100 Å². The third-order valence-corrected chi connectivity index (χ3v) is 2.45. The number of carbonyl (C=O) groups excluding carboxylic acids is 1. The molecule has 0 aliphatic heterocycles.